The number of halogens is 1. The van der Waals surface area contributed by atoms with Crippen molar-refractivity contribution in [3.8, 4) is 6.07 Å². The lowest BCUT2D eigenvalue weighted by molar-refractivity contribution is 0.00578. The van der Waals surface area contributed by atoms with Gasteiger partial charge in [0.15, 0.2) is 0 Å². The first-order valence-electron chi connectivity index (χ1n) is 7.28. The SMILES string of the molecule is CC1(C)OB(c2ccc(C3(C#N)CC3)c(F)c2)OC1(C)C. The second-order valence-corrected chi connectivity index (χ2v) is 7.02. The van der Waals surface area contributed by atoms with E-state index in [2.05, 4.69) is 6.07 Å². The molecule has 1 aromatic carbocycles. The Labute approximate surface area is 125 Å². The van der Waals surface area contributed by atoms with Gasteiger partial charge in [-0.05, 0) is 52.1 Å². The molecule has 3 nitrogen and oxygen atoms in total. The quantitative estimate of drug-likeness (QED) is 0.785. The fraction of sp³-hybridized carbons (Fsp3) is 0.562. The first-order valence-corrected chi connectivity index (χ1v) is 7.28. The Kier molecular flexibility index (Phi) is 2.99. The van der Waals surface area contributed by atoms with Crippen molar-refractivity contribution in [1.82, 2.24) is 0 Å². The number of rotatable bonds is 2. The molecule has 0 aromatic heterocycles. The second kappa shape index (κ2) is 4.31. The average Bonchev–Trinajstić information content (AvgIpc) is 3.13. The molecular formula is C16H19BFNO2. The van der Waals surface area contributed by atoms with Gasteiger partial charge < -0.3 is 9.31 Å². The summed E-state index contributed by atoms with van der Waals surface area (Å²) in [5, 5.41) is 9.19. The van der Waals surface area contributed by atoms with E-state index in [1.54, 1.807) is 12.1 Å². The van der Waals surface area contributed by atoms with Crippen LogP contribution in [0.5, 0.6) is 0 Å². The summed E-state index contributed by atoms with van der Waals surface area (Å²) >= 11 is 0. The number of nitrogens with zero attached hydrogens (tertiary/aromatic N) is 1. The summed E-state index contributed by atoms with van der Waals surface area (Å²) in [7, 11) is -0.573. The summed E-state index contributed by atoms with van der Waals surface area (Å²) in [5.41, 5.74) is -0.360. The summed E-state index contributed by atoms with van der Waals surface area (Å²) in [4.78, 5) is 0. The molecule has 0 atom stereocenters. The van der Waals surface area contributed by atoms with Crippen molar-refractivity contribution < 1.29 is 13.7 Å². The third kappa shape index (κ3) is 2.18. The minimum atomic E-state index is -0.613. The van der Waals surface area contributed by atoms with Gasteiger partial charge in [0.25, 0.3) is 0 Å². The zero-order valence-electron chi connectivity index (χ0n) is 12.9. The van der Waals surface area contributed by atoms with Crippen LogP contribution in [0.3, 0.4) is 0 Å². The number of hydrogen-bond donors (Lipinski definition) is 0. The second-order valence-electron chi connectivity index (χ2n) is 7.02. The van der Waals surface area contributed by atoms with Crippen LogP contribution >= 0.6 is 0 Å². The van der Waals surface area contributed by atoms with Crippen molar-refractivity contribution in [1.29, 1.82) is 5.26 Å². The molecule has 0 bridgehead atoms. The molecule has 0 unspecified atom stereocenters. The van der Waals surface area contributed by atoms with Crippen LogP contribution in [0.4, 0.5) is 4.39 Å². The van der Waals surface area contributed by atoms with Crippen LogP contribution in [0.15, 0.2) is 18.2 Å². The molecule has 1 aliphatic carbocycles. The van der Waals surface area contributed by atoms with Gasteiger partial charge in [-0.15, -0.1) is 0 Å². The van der Waals surface area contributed by atoms with Crippen molar-refractivity contribution in [3.05, 3.63) is 29.6 Å². The van der Waals surface area contributed by atoms with Gasteiger partial charge in [-0.2, -0.15) is 5.26 Å². The highest BCUT2D eigenvalue weighted by molar-refractivity contribution is 6.62. The van der Waals surface area contributed by atoms with Crippen LogP contribution < -0.4 is 5.46 Å². The van der Waals surface area contributed by atoms with Gasteiger partial charge in [0.2, 0.25) is 0 Å². The highest BCUT2D eigenvalue weighted by Crippen LogP contribution is 2.48. The Morgan fingerprint density at radius 1 is 1.14 bits per heavy atom. The molecule has 1 saturated heterocycles. The van der Waals surface area contributed by atoms with Gasteiger partial charge >= 0.3 is 7.12 Å². The van der Waals surface area contributed by atoms with Gasteiger partial charge in [0.1, 0.15) is 5.82 Å². The molecule has 2 fully saturated rings. The normalized spacial score (nSPS) is 24.7. The van der Waals surface area contributed by atoms with E-state index in [-0.39, 0.29) is 5.82 Å². The van der Waals surface area contributed by atoms with E-state index in [0.29, 0.717) is 11.0 Å². The van der Waals surface area contributed by atoms with Crippen LogP contribution in [-0.4, -0.2) is 18.3 Å². The van der Waals surface area contributed by atoms with Crippen molar-refractivity contribution in [2.24, 2.45) is 0 Å². The molecule has 5 heteroatoms. The van der Waals surface area contributed by atoms with E-state index in [0.717, 1.165) is 12.8 Å². The maximum atomic E-state index is 14.3. The van der Waals surface area contributed by atoms with Gasteiger partial charge in [-0.1, -0.05) is 12.1 Å². The first-order chi connectivity index (χ1) is 9.71. The van der Waals surface area contributed by atoms with E-state index in [9.17, 15) is 9.65 Å². The molecule has 1 heterocycles. The lowest BCUT2D eigenvalue weighted by atomic mass is 9.78. The Morgan fingerprint density at radius 2 is 1.71 bits per heavy atom. The Bertz CT molecular complexity index is 616. The molecule has 1 aliphatic heterocycles. The number of hydrogen-bond acceptors (Lipinski definition) is 3. The maximum absolute atomic E-state index is 14.3. The average molecular weight is 287 g/mol. The standard InChI is InChI=1S/C16H19BFNO2/c1-14(2)15(3,4)21-17(20-14)11-5-6-12(13(18)9-11)16(10-19)7-8-16/h5-6,9H,7-8H2,1-4H3. The Morgan fingerprint density at radius 3 is 2.14 bits per heavy atom. The van der Waals surface area contributed by atoms with Crippen LogP contribution in [0.25, 0.3) is 0 Å². The monoisotopic (exact) mass is 287 g/mol. The van der Waals surface area contributed by atoms with Crippen molar-refractivity contribution >= 4 is 12.6 Å². The van der Waals surface area contributed by atoms with Crippen LogP contribution in [-0.2, 0) is 14.7 Å². The summed E-state index contributed by atoms with van der Waals surface area (Å²) < 4.78 is 26.2. The molecule has 0 N–H and O–H groups in total. The van der Waals surface area contributed by atoms with Crippen molar-refractivity contribution in [2.75, 3.05) is 0 Å². The topological polar surface area (TPSA) is 42.2 Å². The van der Waals surface area contributed by atoms with E-state index in [1.165, 1.54) is 6.07 Å². The molecular weight excluding hydrogens is 268 g/mol. The molecule has 0 amide bonds. The molecule has 110 valence electrons. The van der Waals surface area contributed by atoms with Crippen molar-refractivity contribution in [3.63, 3.8) is 0 Å². The molecule has 0 radical (unpaired) electrons. The molecule has 1 aromatic rings. The maximum Gasteiger partial charge on any atom is 0.494 e. The fourth-order valence-corrected chi connectivity index (χ4v) is 2.61. The molecule has 1 saturated carbocycles. The summed E-state index contributed by atoms with van der Waals surface area (Å²) in [5.74, 6) is -0.346. The summed E-state index contributed by atoms with van der Waals surface area (Å²) in [6.07, 6.45) is 1.46. The predicted molar refractivity (Wildman–Crippen MR) is 78.6 cm³/mol. The zero-order chi connectivity index (χ0) is 15.5. The van der Waals surface area contributed by atoms with Crippen LogP contribution in [0.2, 0.25) is 0 Å². The third-order valence-corrected chi connectivity index (χ3v) is 5.00. The lowest BCUT2D eigenvalue weighted by Crippen LogP contribution is -2.41. The number of benzene rings is 1. The number of nitriles is 1. The van der Waals surface area contributed by atoms with Gasteiger partial charge in [-0.25, -0.2) is 4.39 Å². The molecule has 3 rings (SSSR count). The minimum Gasteiger partial charge on any atom is -0.399 e. The largest absolute Gasteiger partial charge is 0.494 e. The van der Waals surface area contributed by atoms with Crippen LogP contribution in [0, 0.1) is 17.1 Å². The first kappa shape index (κ1) is 14.6. The predicted octanol–water partition coefficient (Wildman–Crippen LogP) is 2.68. The highest BCUT2D eigenvalue weighted by Gasteiger charge is 2.52. The van der Waals surface area contributed by atoms with E-state index in [1.807, 2.05) is 27.7 Å². The minimum absolute atomic E-state index is 0.346. The molecule has 0 spiro atoms. The van der Waals surface area contributed by atoms with Crippen molar-refractivity contribution in [2.45, 2.75) is 57.2 Å². The fourth-order valence-electron chi connectivity index (χ4n) is 2.61. The van der Waals surface area contributed by atoms with E-state index in [4.69, 9.17) is 9.31 Å². The lowest BCUT2D eigenvalue weighted by Gasteiger charge is -2.32. The molecule has 21 heavy (non-hydrogen) atoms. The third-order valence-electron chi connectivity index (χ3n) is 5.00. The van der Waals surface area contributed by atoms with Crippen LogP contribution in [0.1, 0.15) is 46.1 Å². The highest BCUT2D eigenvalue weighted by atomic mass is 19.1. The molecule has 2 aliphatic rings. The van der Waals surface area contributed by atoms with E-state index < -0.39 is 23.7 Å². The summed E-state index contributed by atoms with van der Waals surface area (Å²) in [6, 6.07) is 7.17. The smallest absolute Gasteiger partial charge is 0.399 e. The van der Waals surface area contributed by atoms with Gasteiger partial charge in [0.05, 0.1) is 22.7 Å². The zero-order valence-corrected chi connectivity index (χ0v) is 12.9. The summed E-state index contributed by atoms with van der Waals surface area (Å²) in [6.45, 7) is 7.86. The van der Waals surface area contributed by atoms with Gasteiger partial charge in [0, 0.05) is 5.56 Å². The van der Waals surface area contributed by atoms with E-state index >= 15 is 0 Å². The van der Waals surface area contributed by atoms with Gasteiger partial charge in [-0.3, -0.25) is 0 Å². The Hall–Kier alpha value is -1.38. The Balaban J connectivity index is 1.89.